The van der Waals surface area contributed by atoms with Crippen molar-refractivity contribution in [1.29, 1.82) is 0 Å². The summed E-state index contributed by atoms with van der Waals surface area (Å²) in [7, 11) is 0. The van der Waals surface area contributed by atoms with Gasteiger partial charge in [0.2, 0.25) is 5.91 Å². The summed E-state index contributed by atoms with van der Waals surface area (Å²) >= 11 is 7.48. The summed E-state index contributed by atoms with van der Waals surface area (Å²) in [5.74, 6) is -0.0339. The molecule has 0 saturated carbocycles. The van der Waals surface area contributed by atoms with Gasteiger partial charge in [0.15, 0.2) is 0 Å². The maximum Gasteiger partial charge on any atom is 0.217 e. The number of hydrogen-bond donors (Lipinski definition) is 1. The Morgan fingerprint density at radius 1 is 1.37 bits per heavy atom. The third-order valence-electron chi connectivity index (χ3n) is 2.74. The van der Waals surface area contributed by atoms with Gasteiger partial charge in [-0.15, -0.1) is 11.3 Å². The van der Waals surface area contributed by atoms with Gasteiger partial charge in [-0.1, -0.05) is 23.7 Å². The maximum atomic E-state index is 11.1. The molecule has 0 aliphatic rings. The Morgan fingerprint density at radius 2 is 2.00 bits per heavy atom. The predicted octanol–water partition coefficient (Wildman–Crippen LogP) is 3.97. The van der Waals surface area contributed by atoms with Crippen molar-refractivity contribution in [3.05, 3.63) is 39.9 Å². The van der Waals surface area contributed by atoms with Crippen LogP contribution in [-0.2, 0) is 4.79 Å². The normalized spacial score (nSPS) is 12.2. The highest BCUT2D eigenvalue weighted by Crippen LogP contribution is 2.32. The first-order chi connectivity index (χ1) is 8.97. The van der Waals surface area contributed by atoms with E-state index in [0.717, 1.165) is 21.1 Å². The van der Waals surface area contributed by atoms with E-state index < -0.39 is 0 Å². The molecule has 1 aromatic heterocycles. The first kappa shape index (κ1) is 14.0. The van der Waals surface area contributed by atoms with E-state index in [1.807, 2.05) is 38.1 Å². The number of carbonyl (C=O) groups is 1. The van der Waals surface area contributed by atoms with E-state index in [-0.39, 0.29) is 11.9 Å². The Balaban J connectivity index is 2.30. The number of nitrogens with zero attached hydrogens (tertiary/aromatic N) is 1. The van der Waals surface area contributed by atoms with Gasteiger partial charge in [-0.05, 0) is 26.0 Å². The van der Waals surface area contributed by atoms with Crippen LogP contribution in [-0.4, -0.2) is 10.9 Å². The molecule has 100 valence electrons. The Labute approximate surface area is 121 Å². The Hall–Kier alpha value is -1.39. The lowest BCUT2D eigenvalue weighted by Gasteiger charge is -2.10. The summed E-state index contributed by atoms with van der Waals surface area (Å²) < 4.78 is 0. The van der Waals surface area contributed by atoms with Gasteiger partial charge in [-0.25, -0.2) is 4.98 Å². The number of halogens is 1. The molecule has 0 bridgehead atoms. The average molecular weight is 295 g/mol. The van der Waals surface area contributed by atoms with Crippen LogP contribution in [0.5, 0.6) is 0 Å². The van der Waals surface area contributed by atoms with Gasteiger partial charge in [0.1, 0.15) is 5.01 Å². The number of thiazole rings is 1. The summed E-state index contributed by atoms with van der Waals surface area (Å²) in [6, 6.07) is 7.59. The smallest absolute Gasteiger partial charge is 0.217 e. The van der Waals surface area contributed by atoms with E-state index in [2.05, 4.69) is 10.3 Å². The molecule has 19 heavy (non-hydrogen) atoms. The van der Waals surface area contributed by atoms with Crippen LogP contribution in [0.1, 0.15) is 30.5 Å². The Kier molecular flexibility index (Phi) is 4.22. The van der Waals surface area contributed by atoms with Crippen LogP contribution in [0.2, 0.25) is 5.02 Å². The molecular weight excluding hydrogens is 280 g/mol. The summed E-state index contributed by atoms with van der Waals surface area (Å²) in [5.41, 5.74) is 2.00. The van der Waals surface area contributed by atoms with Crippen molar-refractivity contribution >= 4 is 28.8 Å². The van der Waals surface area contributed by atoms with Crippen LogP contribution in [0.15, 0.2) is 24.3 Å². The minimum Gasteiger partial charge on any atom is -0.349 e. The third kappa shape index (κ3) is 3.33. The van der Waals surface area contributed by atoms with Crippen LogP contribution in [0.4, 0.5) is 0 Å². The number of benzene rings is 1. The van der Waals surface area contributed by atoms with E-state index in [9.17, 15) is 4.79 Å². The van der Waals surface area contributed by atoms with Crippen molar-refractivity contribution in [2.24, 2.45) is 0 Å². The Bertz CT molecular complexity index is 592. The lowest BCUT2D eigenvalue weighted by Crippen LogP contribution is -2.23. The van der Waals surface area contributed by atoms with Crippen molar-refractivity contribution in [3.63, 3.8) is 0 Å². The van der Waals surface area contributed by atoms with Gasteiger partial charge < -0.3 is 5.32 Å². The van der Waals surface area contributed by atoms with Gasteiger partial charge in [0.05, 0.1) is 16.6 Å². The molecule has 1 amide bonds. The van der Waals surface area contributed by atoms with Crippen LogP contribution in [0.25, 0.3) is 10.6 Å². The van der Waals surface area contributed by atoms with E-state index in [1.165, 1.54) is 6.92 Å². The SMILES string of the molecule is CC(=O)N[C@@H](C)c1sc(-c2ccc(Cl)cc2)nc1C. The zero-order chi connectivity index (χ0) is 14.0. The third-order valence-corrected chi connectivity index (χ3v) is 4.38. The van der Waals surface area contributed by atoms with E-state index >= 15 is 0 Å². The van der Waals surface area contributed by atoms with E-state index in [1.54, 1.807) is 11.3 Å². The predicted molar refractivity (Wildman–Crippen MR) is 79.5 cm³/mol. The summed E-state index contributed by atoms with van der Waals surface area (Å²) in [6.45, 7) is 5.45. The monoisotopic (exact) mass is 294 g/mol. The molecule has 0 spiro atoms. The highest BCUT2D eigenvalue weighted by atomic mass is 35.5. The minimum absolute atomic E-state index is 0.0175. The maximum absolute atomic E-state index is 11.1. The molecule has 1 aromatic carbocycles. The fourth-order valence-corrected chi connectivity index (χ4v) is 3.10. The van der Waals surface area contributed by atoms with Crippen molar-refractivity contribution < 1.29 is 4.79 Å². The number of aryl methyl sites for hydroxylation is 1. The van der Waals surface area contributed by atoms with Crippen molar-refractivity contribution in [3.8, 4) is 10.6 Å². The number of carbonyl (C=O) groups excluding carboxylic acids is 1. The molecule has 2 rings (SSSR count). The van der Waals surface area contributed by atoms with Gasteiger partial charge in [0.25, 0.3) is 0 Å². The summed E-state index contributed by atoms with van der Waals surface area (Å²) in [5, 5.41) is 4.54. The molecule has 0 unspecified atom stereocenters. The highest BCUT2D eigenvalue weighted by molar-refractivity contribution is 7.15. The number of amides is 1. The fraction of sp³-hybridized carbons (Fsp3) is 0.286. The van der Waals surface area contributed by atoms with Crippen LogP contribution in [0, 0.1) is 6.92 Å². The van der Waals surface area contributed by atoms with Crippen LogP contribution < -0.4 is 5.32 Å². The molecule has 5 heteroatoms. The summed E-state index contributed by atoms with van der Waals surface area (Å²) in [4.78, 5) is 16.8. The summed E-state index contributed by atoms with van der Waals surface area (Å²) in [6.07, 6.45) is 0. The second-order valence-corrected chi connectivity index (χ2v) is 5.86. The fourth-order valence-electron chi connectivity index (χ4n) is 1.90. The number of nitrogens with one attached hydrogen (secondary N) is 1. The molecule has 0 aliphatic carbocycles. The second kappa shape index (κ2) is 5.72. The molecule has 3 nitrogen and oxygen atoms in total. The zero-order valence-electron chi connectivity index (χ0n) is 11.0. The lowest BCUT2D eigenvalue weighted by atomic mass is 10.2. The average Bonchev–Trinajstić information content (AvgIpc) is 2.71. The van der Waals surface area contributed by atoms with Crippen molar-refractivity contribution in [1.82, 2.24) is 10.3 Å². The largest absolute Gasteiger partial charge is 0.349 e. The van der Waals surface area contributed by atoms with Crippen molar-refractivity contribution in [2.45, 2.75) is 26.8 Å². The van der Waals surface area contributed by atoms with Gasteiger partial charge in [-0.2, -0.15) is 0 Å². The highest BCUT2D eigenvalue weighted by Gasteiger charge is 2.15. The molecule has 1 N–H and O–H groups in total. The van der Waals surface area contributed by atoms with E-state index in [4.69, 9.17) is 11.6 Å². The van der Waals surface area contributed by atoms with Crippen LogP contribution in [0.3, 0.4) is 0 Å². The first-order valence-corrected chi connectivity index (χ1v) is 7.17. The number of hydrogen-bond acceptors (Lipinski definition) is 3. The standard InChI is InChI=1S/C14H15ClN2OS/c1-8(16-10(3)18)13-9(2)17-14(19-13)11-4-6-12(15)7-5-11/h4-8H,1-3H3,(H,16,18)/t8-/m0/s1. The van der Waals surface area contributed by atoms with Gasteiger partial charge in [0, 0.05) is 17.5 Å². The molecule has 0 radical (unpaired) electrons. The second-order valence-electron chi connectivity index (χ2n) is 4.40. The Morgan fingerprint density at radius 3 is 2.58 bits per heavy atom. The molecule has 0 fully saturated rings. The molecule has 2 aromatic rings. The number of rotatable bonds is 3. The number of aromatic nitrogens is 1. The van der Waals surface area contributed by atoms with Gasteiger partial charge in [-0.3, -0.25) is 4.79 Å². The quantitative estimate of drug-likeness (QED) is 0.930. The van der Waals surface area contributed by atoms with Gasteiger partial charge >= 0.3 is 0 Å². The lowest BCUT2D eigenvalue weighted by molar-refractivity contribution is -0.119. The topological polar surface area (TPSA) is 42.0 Å². The minimum atomic E-state index is -0.0339. The molecular formula is C14H15ClN2OS. The zero-order valence-corrected chi connectivity index (χ0v) is 12.6. The molecule has 1 heterocycles. The van der Waals surface area contributed by atoms with Crippen LogP contribution >= 0.6 is 22.9 Å². The van der Waals surface area contributed by atoms with E-state index in [0.29, 0.717) is 5.02 Å². The molecule has 0 aliphatic heterocycles. The van der Waals surface area contributed by atoms with Crippen molar-refractivity contribution in [2.75, 3.05) is 0 Å². The molecule has 0 saturated heterocycles. The first-order valence-electron chi connectivity index (χ1n) is 5.97. The molecule has 1 atom stereocenters.